The summed E-state index contributed by atoms with van der Waals surface area (Å²) in [6.45, 7) is 2.22. The zero-order valence-electron chi connectivity index (χ0n) is 8.46. The van der Waals surface area contributed by atoms with E-state index in [1.54, 1.807) is 0 Å². The maximum Gasteiger partial charge on any atom is 0.0210 e. The monoisotopic (exact) mass is 253 g/mol. The van der Waals surface area contributed by atoms with Crippen LogP contribution in [0.1, 0.15) is 36.8 Å². The van der Waals surface area contributed by atoms with Crippen LogP contribution in [-0.2, 0) is 6.42 Å². The van der Waals surface area contributed by atoms with Gasteiger partial charge in [-0.1, -0.05) is 35.0 Å². The molecular formula is C12H16BrN. The minimum absolute atomic E-state index is 0.349. The van der Waals surface area contributed by atoms with Gasteiger partial charge in [0, 0.05) is 10.5 Å². The Balaban J connectivity index is 2.46. The van der Waals surface area contributed by atoms with Gasteiger partial charge in [-0.3, -0.25) is 0 Å². The van der Waals surface area contributed by atoms with Gasteiger partial charge in [-0.25, -0.2) is 0 Å². The molecule has 1 aromatic carbocycles. The summed E-state index contributed by atoms with van der Waals surface area (Å²) in [5, 5.41) is 0. The van der Waals surface area contributed by atoms with Crippen molar-refractivity contribution in [2.75, 3.05) is 0 Å². The van der Waals surface area contributed by atoms with Gasteiger partial charge in [0.25, 0.3) is 0 Å². The molecule has 0 aromatic heterocycles. The van der Waals surface area contributed by atoms with Crippen LogP contribution in [0.4, 0.5) is 0 Å². The zero-order valence-corrected chi connectivity index (χ0v) is 10.0. The Morgan fingerprint density at radius 3 is 3.00 bits per heavy atom. The standard InChI is InChI=1S/C12H16BrN/c1-2-8-9-4-3-5-11(13)10(9)6-7-12(8)14/h3-5,8,12H,2,6-7,14H2,1H3. The van der Waals surface area contributed by atoms with Gasteiger partial charge in [0.05, 0.1) is 0 Å². The summed E-state index contributed by atoms with van der Waals surface area (Å²) in [4.78, 5) is 0. The Bertz CT molecular complexity index is 335. The van der Waals surface area contributed by atoms with Gasteiger partial charge in [0.15, 0.2) is 0 Å². The van der Waals surface area contributed by atoms with E-state index < -0.39 is 0 Å². The molecule has 1 aliphatic rings. The molecule has 2 unspecified atom stereocenters. The highest BCUT2D eigenvalue weighted by Crippen LogP contribution is 2.36. The molecule has 2 atom stereocenters. The molecule has 2 N–H and O–H groups in total. The predicted octanol–water partition coefficient (Wildman–Crippen LogP) is 3.22. The SMILES string of the molecule is CCC1c2cccc(Br)c2CCC1N. The summed E-state index contributed by atoms with van der Waals surface area (Å²) in [7, 11) is 0. The Morgan fingerprint density at radius 2 is 2.29 bits per heavy atom. The second-order valence-corrected chi connectivity index (χ2v) is 4.88. The smallest absolute Gasteiger partial charge is 0.0210 e. The van der Waals surface area contributed by atoms with Crippen molar-refractivity contribution in [1.29, 1.82) is 0 Å². The molecule has 0 aliphatic heterocycles. The largest absolute Gasteiger partial charge is 0.327 e. The maximum absolute atomic E-state index is 6.14. The van der Waals surface area contributed by atoms with Crippen molar-refractivity contribution in [2.45, 2.75) is 38.1 Å². The summed E-state index contributed by atoms with van der Waals surface area (Å²) in [6, 6.07) is 6.82. The third-order valence-corrected chi connectivity index (χ3v) is 3.98. The van der Waals surface area contributed by atoms with Crippen LogP contribution >= 0.6 is 15.9 Å². The van der Waals surface area contributed by atoms with Crippen molar-refractivity contribution >= 4 is 15.9 Å². The second kappa shape index (κ2) is 4.03. The molecule has 1 nitrogen and oxygen atoms in total. The fourth-order valence-corrected chi connectivity index (χ4v) is 3.03. The highest BCUT2D eigenvalue weighted by atomic mass is 79.9. The van der Waals surface area contributed by atoms with Crippen molar-refractivity contribution in [3.8, 4) is 0 Å². The Kier molecular flexibility index (Phi) is 2.93. The molecule has 14 heavy (non-hydrogen) atoms. The maximum atomic E-state index is 6.14. The number of hydrogen-bond donors (Lipinski definition) is 1. The molecule has 0 spiro atoms. The zero-order chi connectivity index (χ0) is 10.1. The molecule has 2 rings (SSSR count). The molecule has 1 aliphatic carbocycles. The summed E-state index contributed by atoms with van der Waals surface area (Å²) < 4.78 is 1.25. The first-order chi connectivity index (χ1) is 6.74. The molecule has 0 saturated carbocycles. The molecule has 76 valence electrons. The third-order valence-electron chi connectivity index (χ3n) is 3.24. The number of fused-ring (bicyclic) bond motifs is 1. The average Bonchev–Trinajstić information content (AvgIpc) is 2.18. The van der Waals surface area contributed by atoms with Gasteiger partial charge in [-0.15, -0.1) is 0 Å². The van der Waals surface area contributed by atoms with E-state index in [2.05, 4.69) is 41.1 Å². The van der Waals surface area contributed by atoms with Gasteiger partial charge in [-0.2, -0.15) is 0 Å². The van der Waals surface area contributed by atoms with E-state index in [-0.39, 0.29) is 0 Å². The van der Waals surface area contributed by atoms with Crippen LogP contribution in [0.3, 0.4) is 0 Å². The lowest BCUT2D eigenvalue weighted by Crippen LogP contribution is -2.32. The number of nitrogens with two attached hydrogens (primary N) is 1. The van der Waals surface area contributed by atoms with Crippen LogP contribution in [0.5, 0.6) is 0 Å². The number of hydrogen-bond acceptors (Lipinski definition) is 1. The number of halogens is 1. The van der Waals surface area contributed by atoms with Gasteiger partial charge in [0.1, 0.15) is 0 Å². The number of benzene rings is 1. The highest BCUT2D eigenvalue weighted by Gasteiger charge is 2.26. The van der Waals surface area contributed by atoms with E-state index >= 15 is 0 Å². The lowest BCUT2D eigenvalue weighted by atomic mass is 9.78. The fraction of sp³-hybridized carbons (Fsp3) is 0.500. The Morgan fingerprint density at radius 1 is 1.50 bits per heavy atom. The van der Waals surface area contributed by atoms with Crippen molar-refractivity contribution in [2.24, 2.45) is 5.73 Å². The highest BCUT2D eigenvalue weighted by molar-refractivity contribution is 9.10. The molecule has 0 radical (unpaired) electrons. The minimum Gasteiger partial charge on any atom is -0.327 e. The molecule has 0 fully saturated rings. The molecule has 0 amide bonds. The first-order valence-corrected chi connectivity index (χ1v) is 6.06. The van der Waals surface area contributed by atoms with Crippen LogP contribution in [0.2, 0.25) is 0 Å². The first-order valence-electron chi connectivity index (χ1n) is 5.27. The number of rotatable bonds is 1. The molecule has 2 heteroatoms. The Hall–Kier alpha value is -0.340. The van der Waals surface area contributed by atoms with Crippen LogP contribution in [-0.4, -0.2) is 6.04 Å². The van der Waals surface area contributed by atoms with Crippen LogP contribution in [0.25, 0.3) is 0 Å². The van der Waals surface area contributed by atoms with Gasteiger partial charge >= 0.3 is 0 Å². The summed E-state index contributed by atoms with van der Waals surface area (Å²) in [6.07, 6.45) is 3.38. The summed E-state index contributed by atoms with van der Waals surface area (Å²) >= 11 is 3.62. The van der Waals surface area contributed by atoms with Crippen molar-refractivity contribution < 1.29 is 0 Å². The second-order valence-electron chi connectivity index (χ2n) is 4.02. The van der Waals surface area contributed by atoms with E-state index in [9.17, 15) is 0 Å². The normalized spacial score (nSPS) is 25.9. The van der Waals surface area contributed by atoms with Crippen LogP contribution in [0.15, 0.2) is 22.7 Å². The molecule has 0 bridgehead atoms. The topological polar surface area (TPSA) is 26.0 Å². The van der Waals surface area contributed by atoms with Crippen molar-refractivity contribution in [3.63, 3.8) is 0 Å². The van der Waals surface area contributed by atoms with E-state index in [1.807, 2.05) is 0 Å². The van der Waals surface area contributed by atoms with Crippen molar-refractivity contribution in [3.05, 3.63) is 33.8 Å². The summed E-state index contributed by atoms with van der Waals surface area (Å²) in [5.74, 6) is 0.552. The molecule has 1 aromatic rings. The van der Waals surface area contributed by atoms with Crippen LogP contribution < -0.4 is 5.73 Å². The van der Waals surface area contributed by atoms with Crippen molar-refractivity contribution in [1.82, 2.24) is 0 Å². The predicted molar refractivity (Wildman–Crippen MR) is 63.5 cm³/mol. The lowest BCUT2D eigenvalue weighted by molar-refractivity contribution is 0.459. The lowest BCUT2D eigenvalue weighted by Gasteiger charge is -2.31. The summed E-state index contributed by atoms with van der Waals surface area (Å²) in [5.41, 5.74) is 9.07. The van der Waals surface area contributed by atoms with E-state index in [0.717, 1.165) is 19.3 Å². The molecule has 0 heterocycles. The van der Waals surface area contributed by atoms with E-state index in [0.29, 0.717) is 12.0 Å². The minimum atomic E-state index is 0.349. The van der Waals surface area contributed by atoms with Gasteiger partial charge < -0.3 is 5.73 Å². The van der Waals surface area contributed by atoms with Gasteiger partial charge in [0.2, 0.25) is 0 Å². The molecular weight excluding hydrogens is 238 g/mol. The van der Waals surface area contributed by atoms with Crippen LogP contribution in [0, 0.1) is 0 Å². The van der Waals surface area contributed by atoms with E-state index in [1.165, 1.54) is 15.6 Å². The average molecular weight is 254 g/mol. The Labute approximate surface area is 93.8 Å². The van der Waals surface area contributed by atoms with E-state index in [4.69, 9.17) is 5.73 Å². The molecule has 0 saturated heterocycles. The quantitative estimate of drug-likeness (QED) is 0.818. The first kappa shape index (κ1) is 10.2. The fourth-order valence-electron chi connectivity index (χ4n) is 2.45. The van der Waals surface area contributed by atoms with Gasteiger partial charge in [-0.05, 0) is 42.4 Å². The third kappa shape index (κ3) is 1.61.